The van der Waals surface area contributed by atoms with E-state index >= 15 is 0 Å². The summed E-state index contributed by atoms with van der Waals surface area (Å²) in [6.07, 6.45) is 2.82. The molecule has 0 atom stereocenters. The first kappa shape index (κ1) is 20.3. The number of anilines is 1. The molecule has 1 aromatic heterocycles. The number of hydrogen-bond donors (Lipinski definition) is 1. The molecular weight excluding hydrogens is 370 g/mol. The second kappa shape index (κ2) is 9.05. The third kappa shape index (κ3) is 6.34. The van der Waals surface area contributed by atoms with Crippen molar-refractivity contribution in [1.82, 2.24) is 10.3 Å². The Hall–Kier alpha value is -2.06. The van der Waals surface area contributed by atoms with E-state index in [9.17, 15) is 13.2 Å². The van der Waals surface area contributed by atoms with Gasteiger partial charge in [-0.1, -0.05) is 12.1 Å². The quantitative estimate of drug-likeness (QED) is 0.550. The van der Waals surface area contributed by atoms with Crippen molar-refractivity contribution >= 4 is 33.4 Å². The maximum atomic E-state index is 12.2. The Morgan fingerprint density at radius 1 is 1.19 bits per heavy atom. The van der Waals surface area contributed by atoms with Crippen molar-refractivity contribution in [3.05, 3.63) is 53.7 Å². The fraction of sp³-hybridized carbons (Fsp3) is 0.333. The largest absolute Gasteiger partial charge is 0.354 e. The number of benzene rings is 1. The number of aryl methyl sites for hydroxylation is 2. The zero-order chi connectivity index (χ0) is 19.2. The standard InChI is InChI=1S/C18H23N3O3S2/c1-14-10-15(2)12-16(11-14)21(26(3,23)24)13-17(22)19-8-9-25-18-6-4-5-7-20-18/h4-7,10-12H,8-9,13H2,1-3H3,(H,19,22). The van der Waals surface area contributed by atoms with E-state index in [1.807, 2.05) is 38.1 Å². The summed E-state index contributed by atoms with van der Waals surface area (Å²) in [6, 6.07) is 11.1. The third-order valence-electron chi connectivity index (χ3n) is 3.49. The number of nitrogens with one attached hydrogen (secondary N) is 1. The van der Waals surface area contributed by atoms with E-state index in [-0.39, 0.29) is 12.5 Å². The second-order valence-electron chi connectivity index (χ2n) is 5.98. The van der Waals surface area contributed by atoms with E-state index < -0.39 is 10.0 Å². The zero-order valence-corrected chi connectivity index (χ0v) is 16.7. The summed E-state index contributed by atoms with van der Waals surface area (Å²) in [5, 5.41) is 3.64. The van der Waals surface area contributed by atoms with Gasteiger partial charge in [-0.25, -0.2) is 13.4 Å². The van der Waals surface area contributed by atoms with Crippen LogP contribution < -0.4 is 9.62 Å². The highest BCUT2D eigenvalue weighted by Crippen LogP contribution is 2.21. The molecule has 6 nitrogen and oxygen atoms in total. The summed E-state index contributed by atoms with van der Waals surface area (Å²) in [5.41, 5.74) is 2.39. The average molecular weight is 394 g/mol. The lowest BCUT2D eigenvalue weighted by atomic mass is 10.1. The molecule has 1 heterocycles. The Morgan fingerprint density at radius 2 is 1.88 bits per heavy atom. The number of carbonyl (C=O) groups is 1. The van der Waals surface area contributed by atoms with Crippen LogP contribution in [0.4, 0.5) is 5.69 Å². The summed E-state index contributed by atoms with van der Waals surface area (Å²) >= 11 is 1.53. The van der Waals surface area contributed by atoms with Gasteiger partial charge in [0.2, 0.25) is 15.9 Å². The van der Waals surface area contributed by atoms with Crippen LogP contribution in [0.25, 0.3) is 0 Å². The molecule has 0 aliphatic carbocycles. The number of thioether (sulfide) groups is 1. The van der Waals surface area contributed by atoms with Crippen LogP contribution in [-0.4, -0.2) is 44.4 Å². The van der Waals surface area contributed by atoms with Gasteiger partial charge in [-0.15, -0.1) is 11.8 Å². The molecule has 8 heteroatoms. The Bertz CT molecular complexity index is 835. The molecule has 26 heavy (non-hydrogen) atoms. The predicted molar refractivity (Wildman–Crippen MR) is 106 cm³/mol. The second-order valence-corrected chi connectivity index (χ2v) is 9.00. The number of amides is 1. The van der Waals surface area contributed by atoms with Gasteiger partial charge in [0.1, 0.15) is 6.54 Å². The first-order chi connectivity index (χ1) is 12.3. The van der Waals surface area contributed by atoms with Gasteiger partial charge < -0.3 is 5.32 Å². The maximum absolute atomic E-state index is 12.2. The Morgan fingerprint density at radius 3 is 2.46 bits per heavy atom. The minimum atomic E-state index is -3.56. The van der Waals surface area contributed by atoms with Crippen LogP contribution in [0.1, 0.15) is 11.1 Å². The van der Waals surface area contributed by atoms with Gasteiger partial charge in [-0.2, -0.15) is 0 Å². The molecule has 2 rings (SSSR count). The van der Waals surface area contributed by atoms with E-state index in [0.29, 0.717) is 18.0 Å². The summed E-state index contributed by atoms with van der Waals surface area (Å²) in [7, 11) is -3.56. The van der Waals surface area contributed by atoms with Crippen molar-refractivity contribution in [2.75, 3.05) is 29.4 Å². The topological polar surface area (TPSA) is 79.4 Å². The van der Waals surface area contributed by atoms with E-state index in [1.54, 1.807) is 18.3 Å². The van der Waals surface area contributed by atoms with Crippen molar-refractivity contribution in [3.63, 3.8) is 0 Å². The van der Waals surface area contributed by atoms with Gasteiger partial charge in [0, 0.05) is 18.5 Å². The summed E-state index contributed by atoms with van der Waals surface area (Å²) in [4.78, 5) is 16.4. The van der Waals surface area contributed by atoms with Crippen molar-refractivity contribution in [1.29, 1.82) is 0 Å². The van der Waals surface area contributed by atoms with E-state index in [4.69, 9.17) is 0 Å². The minimum absolute atomic E-state index is 0.240. The highest BCUT2D eigenvalue weighted by Gasteiger charge is 2.21. The summed E-state index contributed by atoms with van der Waals surface area (Å²) in [6.45, 7) is 3.98. The monoisotopic (exact) mass is 393 g/mol. The van der Waals surface area contributed by atoms with Crippen molar-refractivity contribution in [2.45, 2.75) is 18.9 Å². The molecule has 0 saturated carbocycles. The third-order valence-corrected chi connectivity index (χ3v) is 5.58. The molecule has 0 unspecified atom stereocenters. The van der Waals surface area contributed by atoms with Crippen molar-refractivity contribution in [3.8, 4) is 0 Å². The average Bonchev–Trinajstić information content (AvgIpc) is 2.55. The number of aromatic nitrogens is 1. The van der Waals surface area contributed by atoms with Crippen LogP contribution >= 0.6 is 11.8 Å². The number of hydrogen-bond acceptors (Lipinski definition) is 5. The van der Waals surface area contributed by atoms with E-state index in [0.717, 1.165) is 26.7 Å². The molecular formula is C18H23N3O3S2. The molecule has 0 spiro atoms. The zero-order valence-electron chi connectivity index (χ0n) is 15.1. The van der Waals surface area contributed by atoms with Gasteiger partial charge in [0.15, 0.2) is 0 Å². The maximum Gasteiger partial charge on any atom is 0.240 e. The number of rotatable bonds is 8. The number of sulfonamides is 1. The lowest BCUT2D eigenvalue weighted by molar-refractivity contribution is -0.119. The Kier molecular flexibility index (Phi) is 7.05. The van der Waals surface area contributed by atoms with Gasteiger partial charge in [0.05, 0.1) is 17.0 Å². The van der Waals surface area contributed by atoms with Crippen LogP contribution in [0.2, 0.25) is 0 Å². The van der Waals surface area contributed by atoms with Crippen molar-refractivity contribution in [2.24, 2.45) is 0 Å². The molecule has 140 valence electrons. The molecule has 0 aliphatic rings. The first-order valence-corrected chi connectivity index (χ1v) is 11.0. The first-order valence-electron chi connectivity index (χ1n) is 8.12. The molecule has 2 aromatic rings. The van der Waals surface area contributed by atoms with Gasteiger partial charge in [-0.05, 0) is 49.2 Å². The van der Waals surface area contributed by atoms with Gasteiger partial charge in [0.25, 0.3) is 0 Å². The van der Waals surface area contributed by atoms with Crippen LogP contribution in [-0.2, 0) is 14.8 Å². The normalized spacial score (nSPS) is 11.2. The van der Waals surface area contributed by atoms with Gasteiger partial charge >= 0.3 is 0 Å². The van der Waals surface area contributed by atoms with E-state index in [1.165, 1.54) is 11.8 Å². The highest BCUT2D eigenvalue weighted by molar-refractivity contribution is 7.99. The molecule has 1 N–H and O–H groups in total. The minimum Gasteiger partial charge on any atom is -0.354 e. The molecule has 0 bridgehead atoms. The van der Waals surface area contributed by atoms with Crippen LogP contribution in [0.3, 0.4) is 0 Å². The molecule has 1 aromatic carbocycles. The SMILES string of the molecule is Cc1cc(C)cc(N(CC(=O)NCCSc2ccccn2)S(C)(=O)=O)c1. The van der Waals surface area contributed by atoms with Crippen LogP contribution in [0.15, 0.2) is 47.6 Å². The van der Waals surface area contributed by atoms with Gasteiger partial charge in [-0.3, -0.25) is 9.10 Å². The lowest BCUT2D eigenvalue weighted by Crippen LogP contribution is -2.41. The van der Waals surface area contributed by atoms with Crippen LogP contribution in [0, 0.1) is 13.8 Å². The Balaban J connectivity index is 1.94. The fourth-order valence-electron chi connectivity index (χ4n) is 2.46. The Labute approximate surface area is 159 Å². The number of pyridine rings is 1. The van der Waals surface area contributed by atoms with E-state index in [2.05, 4.69) is 10.3 Å². The summed E-state index contributed by atoms with van der Waals surface area (Å²) < 4.78 is 25.4. The highest BCUT2D eigenvalue weighted by atomic mass is 32.2. The summed E-state index contributed by atoms with van der Waals surface area (Å²) in [5.74, 6) is 0.321. The van der Waals surface area contributed by atoms with Crippen LogP contribution in [0.5, 0.6) is 0 Å². The fourth-order valence-corrected chi connectivity index (χ4v) is 4.02. The van der Waals surface area contributed by atoms with Crippen molar-refractivity contribution < 1.29 is 13.2 Å². The number of carbonyl (C=O) groups excluding carboxylic acids is 1. The molecule has 0 saturated heterocycles. The number of nitrogens with zero attached hydrogens (tertiary/aromatic N) is 2. The lowest BCUT2D eigenvalue weighted by Gasteiger charge is -2.22. The predicted octanol–water partition coefficient (Wildman–Crippen LogP) is 2.37. The molecule has 0 aliphatic heterocycles. The molecule has 1 amide bonds. The smallest absolute Gasteiger partial charge is 0.240 e. The molecule has 0 fully saturated rings. The molecule has 0 radical (unpaired) electrons.